The van der Waals surface area contributed by atoms with Crippen molar-refractivity contribution in [2.75, 3.05) is 32.8 Å². The number of ether oxygens (including phenoxy) is 3. The van der Waals surface area contributed by atoms with E-state index >= 15 is 0 Å². The van der Waals surface area contributed by atoms with Crippen molar-refractivity contribution in [2.24, 2.45) is 34.6 Å². The van der Waals surface area contributed by atoms with Gasteiger partial charge in [0.2, 0.25) is 5.91 Å². The van der Waals surface area contributed by atoms with Crippen LogP contribution in [0.15, 0.2) is 0 Å². The van der Waals surface area contributed by atoms with Crippen LogP contribution in [0.3, 0.4) is 0 Å². The maximum atomic E-state index is 12.8. The van der Waals surface area contributed by atoms with E-state index in [-0.39, 0.29) is 45.4 Å². The number of hydrogen-bond acceptors (Lipinski definition) is 17. The van der Waals surface area contributed by atoms with Gasteiger partial charge < -0.3 is 89.3 Å². The Bertz CT molecular complexity index is 882. The molecule has 44 heavy (non-hydrogen) atoms. The molecule has 18 nitrogen and oxygen atoms in total. The van der Waals surface area contributed by atoms with Gasteiger partial charge >= 0.3 is 0 Å². The first-order valence-corrected chi connectivity index (χ1v) is 15.2. The Labute approximate surface area is 256 Å². The zero-order chi connectivity index (χ0) is 32.7. The van der Waals surface area contributed by atoms with Crippen LogP contribution in [0, 0.1) is 5.92 Å². The van der Waals surface area contributed by atoms with Crippen molar-refractivity contribution >= 4 is 5.91 Å². The lowest BCUT2D eigenvalue weighted by Crippen LogP contribution is -2.70. The lowest BCUT2D eigenvalue weighted by Gasteiger charge is -2.52. The summed E-state index contributed by atoms with van der Waals surface area (Å²) in [4.78, 5) is 12.8. The van der Waals surface area contributed by atoms with Crippen molar-refractivity contribution in [3.05, 3.63) is 0 Å². The molecule has 3 aliphatic rings. The summed E-state index contributed by atoms with van der Waals surface area (Å²) < 4.78 is 17.8. The van der Waals surface area contributed by atoms with E-state index in [1.165, 1.54) is 0 Å². The molecule has 0 bridgehead atoms. The molecule has 0 aromatic rings. The molecule has 0 radical (unpaired) electrons. The molecule has 258 valence electrons. The summed E-state index contributed by atoms with van der Waals surface area (Å²) in [7, 11) is 0. The summed E-state index contributed by atoms with van der Waals surface area (Å²) in [5.74, 6) is -1.69. The van der Waals surface area contributed by atoms with Crippen LogP contribution in [0.2, 0.25) is 0 Å². The van der Waals surface area contributed by atoms with Gasteiger partial charge in [0.15, 0.2) is 6.29 Å². The summed E-state index contributed by atoms with van der Waals surface area (Å²) in [6, 6.07) is -3.72. The third-order valence-electron chi connectivity index (χ3n) is 8.83. The molecule has 2 heterocycles. The van der Waals surface area contributed by atoms with Gasteiger partial charge in [0, 0.05) is 31.1 Å². The average molecular weight is 640 g/mol. The van der Waals surface area contributed by atoms with Gasteiger partial charge in [-0.1, -0.05) is 0 Å². The molecular formula is C26H53N7O11. The predicted molar refractivity (Wildman–Crippen MR) is 154 cm³/mol. The zero-order valence-corrected chi connectivity index (χ0v) is 24.8. The Kier molecular flexibility index (Phi) is 14.5. The quantitative estimate of drug-likeness (QED) is 0.0838. The number of hydrogen-bond donors (Lipinski definition) is 14. The number of carbonyl (C=O) groups is 1. The third kappa shape index (κ3) is 8.79. The molecule has 2 aliphatic heterocycles. The topological polar surface area (TPSA) is 341 Å². The molecule has 3 fully saturated rings. The SMILES string of the molecule is NCCC(O)CNC1CC(O)C(CN)OC1C1C(N)CC(NC(=O)C(O)CCN)C(OC2OC(CO)C(O)C(N)C2O)C1O. The predicted octanol–water partition coefficient (Wildman–Crippen LogP) is -7.81. The monoisotopic (exact) mass is 639 g/mol. The van der Waals surface area contributed by atoms with Crippen molar-refractivity contribution in [1.82, 2.24) is 10.6 Å². The highest BCUT2D eigenvalue weighted by Crippen LogP contribution is 2.37. The fraction of sp³-hybridized carbons (Fsp3) is 0.962. The molecule has 0 aromatic carbocycles. The van der Waals surface area contributed by atoms with Gasteiger partial charge in [-0.25, -0.2) is 0 Å². The molecule has 2 saturated heterocycles. The van der Waals surface area contributed by atoms with Crippen LogP contribution in [0.4, 0.5) is 0 Å². The normalized spacial score (nSPS) is 42.9. The molecule has 3 rings (SSSR count). The second-order valence-electron chi connectivity index (χ2n) is 12.0. The van der Waals surface area contributed by atoms with Crippen LogP contribution in [0.25, 0.3) is 0 Å². The van der Waals surface area contributed by atoms with Gasteiger partial charge in [-0.05, 0) is 38.8 Å². The minimum absolute atomic E-state index is 0.00657. The summed E-state index contributed by atoms with van der Waals surface area (Å²) in [5.41, 5.74) is 29.4. The number of nitrogens with one attached hydrogen (secondary N) is 2. The Balaban J connectivity index is 1.92. The van der Waals surface area contributed by atoms with Gasteiger partial charge in [0.25, 0.3) is 0 Å². The first-order chi connectivity index (χ1) is 20.9. The molecule has 16 unspecified atom stereocenters. The Morgan fingerprint density at radius 1 is 0.909 bits per heavy atom. The summed E-state index contributed by atoms with van der Waals surface area (Å²) in [5, 5.41) is 79.5. The average Bonchev–Trinajstić information content (AvgIpc) is 2.98. The highest BCUT2D eigenvalue weighted by Gasteiger charge is 2.54. The second-order valence-corrected chi connectivity index (χ2v) is 12.0. The van der Waals surface area contributed by atoms with Gasteiger partial charge in [0.1, 0.15) is 30.5 Å². The van der Waals surface area contributed by atoms with E-state index in [9.17, 15) is 40.5 Å². The number of rotatable bonds is 14. The van der Waals surface area contributed by atoms with Crippen LogP contribution >= 0.6 is 0 Å². The lowest BCUT2D eigenvalue weighted by atomic mass is 9.71. The van der Waals surface area contributed by atoms with E-state index in [4.69, 9.17) is 42.9 Å². The van der Waals surface area contributed by atoms with Crippen molar-refractivity contribution in [1.29, 1.82) is 0 Å². The smallest absolute Gasteiger partial charge is 0.249 e. The van der Waals surface area contributed by atoms with E-state index in [1.807, 2.05) is 0 Å². The fourth-order valence-electron chi connectivity index (χ4n) is 6.29. The van der Waals surface area contributed by atoms with E-state index in [0.717, 1.165) is 0 Å². The van der Waals surface area contributed by atoms with Crippen LogP contribution in [0.1, 0.15) is 25.7 Å². The largest absolute Gasteiger partial charge is 0.394 e. The number of nitrogens with two attached hydrogens (primary N) is 5. The van der Waals surface area contributed by atoms with Crippen molar-refractivity contribution in [2.45, 2.75) is 117 Å². The van der Waals surface area contributed by atoms with Crippen molar-refractivity contribution in [3.8, 4) is 0 Å². The van der Waals surface area contributed by atoms with Gasteiger partial charge in [-0.3, -0.25) is 4.79 Å². The maximum Gasteiger partial charge on any atom is 0.249 e. The van der Waals surface area contributed by atoms with Gasteiger partial charge in [0.05, 0.1) is 49.2 Å². The van der Waals surface area contributed by atoms with Gasteiger partial charge in [-0.2, -0.15) is 0 Å². The molecule has 18 heteroatoms. The highest BCUT2D eigenvalue weighted by molar-refractivity contribution is 5.80. The van der Waals surface area contributed by atoms with Crippen molar-refractivity contribution in [3.63, 3.8) is 0 Å². The van der Waals surface area contributed by atoms with E-state index in [1.54, 1.807) is 0 Å². The summed E-state index contributed by atoms with van der Waals surface area (Å²) in [6.07, 6.45) is -13.0. The van der Waals surface area contributed by atoms with Crippen molar-refractivity contribution < 1.29 is 54.8 Å². The molecule has 1 amide bonds. The van der Waals surface area contributed by atoms with E-state index < -0.39 is 110 Å². The molecule has 0 spiro atoms. The maximum absolute atomic E-state index is 12.8. The molecule has 16 atom stereocenters. The summed E-state index contributed by atoms with van der Waals surface area (Å²) >= 11 is 0. The number of amides is 1. The fourth-order valence-corrected chi connectivity index (χ4v) is 6.29. The highest BCUT2D eigenvalue weighted by atomic mass is 16.7. The Morgan fingerprint density at radius 3 is 2.20 bits per heavy atom. The Hall–Kier alpha value is -1.17. The van der Waals surface area contributed by atoms with Crippen LogP contribution in [-0.2, 0) is 19.0 Å². The lowest BCUT2D eigenvalue weighted by molar-refractivity contribution is -0.307. The first-order valence-electron chi connectivity index (χ1n) is 15.2. The van der Waals surface area contributed by atoms with Gasteiger partial charge in [-0.15, -0.1) is 0 Å². The molecular weight excluding hydrogens is 586 g/mol. The number of carbonyl (C=O) groups excluding carboxylic acids is 1. The van der Waals surface area contributed by atoms with Crippen LogP contribution in [-0.4, -0.2) is 166 Å². The number of aliphatic hydroxyl groups excluding tert-OH is 7. The second kappa shape index (κ2) is 17.1. The zero-order valence-electron chi connectivity index (χ0n) is 24.8. The Morgan fingerprint density at radius 2 is 1.59 bits per heavy atom. The molecule has 0 aromatic heterocycles. The third-order valence-corrected chi connectivity index (χ3v) is 8.83. The number of aliphatic hydroxyl groups is 7. The van der Waals surface area contributed by atoms with Crippen LogP contribution < -0.4 is 39.3 Å². The van der Waals surface area contributed by atoms with E-state index in [0.29, 0.717) is 6.42 Å². The molecule has 19 N–H and O–H groups in total. The van der Waals surface area contributed by atoms with E-state index in [2.05, 4.69) is 10.6 Å². The molecule has 1 saturated carbocycles. The standard InChI is InChI=1S/C26H53N7O11/c27-3-1-10(35)8-32-12-6-15(37)16(7-29)42-23(12)18-11(30)5-13(33-25(41)14(36)2-4-28)24(21(18)39)44-26-22(40)19(31)20(38)17(9-34)43-26/h10-24,26,32,34-40H,1-9,27-31H2,(H,33,41). The minimum atomic E-state index is -1.59. The first kappa shape index (κ1) is 37.3. The minimum Gasteiger partial charge on any atom is -0.394 e. The summed E-state index contributed by atoms with van der Waals surface area (Å²) in [6.45, 7) is -0.259. The molecule has 1 aliphatic carbocycles. The van der Waals surface area contributed by atoms with Crippen LogP contribution in [0.5, 0.6) is 0 Å².